The Morgan fingerprint density at radius 1 is 1.05 bits per heavy atom. The van der Waals surface area contributed by atoms with Crippen LogP contribution in [-0.2, 0) is 19.1 Å². The van der Waals surface area contributed by atoms with E-state index in [1.807, 2.05) is 24.3 Å². The number of ether oxygens (including phenoxy) is 3. The number of carbonyl (C=O) groups is 2. The van der Waals surface area contributed by atoms with Crippen molar-refractivity contribution in [2.24, 2.45) is 0 Å². The lowest BCUT2D eigenvalue weighted by Gasteiger charge is -2.30. The molecule has 2 aromatic carbocycles. The average Bonchev–Trinajstić information content (AvgIpc) is 3.40. The molecule has 3 aromatic rings. The number of methoxy groups -OCH3 is 1. The van der Waals surface area contributed by atoms with Crippen LogP contribution in [0.2, 0.25) is 0 Å². The molecule has 2 heterocycles. The monoisotopic (exact) mass is 578 g/mol. The minimum absolute atomic E-state index is 0.149. The summed E-state index contributed by atoms with van der Waals surface area (Å²) >= 11 is 1.33. The molecule has 11 nitrogen and oxygen atoms in total. The standard InChI is InChI=1S/C29H30N4O7S/c1-6-39-27(34)24-16(3)30-17(4)25(28(35)40-7-2)26(24)19-9-8-10-20(13-19)31-29-32-21(15-41-29)18-11-12-23(38-5)22(14-18)33(36)37/h8-15,26,30H,6-7H2,1-5H3,(H,31,32). The van der Waals surface area contributed by atoms with Crippen LogP contribution >= 0.6 is 11.3 Å². The molecule has 4 rings (SSSR count). The summed E-state index contributed by atoms with van der Waals surface area (Å²) in [7, 11) is 1.38. The normalized spacial score (nSPS) is 13.5. The Bertz CT molecular complexity index is 1520. The summed E-state index contributed by atoms with van der Waals surface area (Å²) in [5, 5.41) is 20.2. The summed E-state index contributed by atoms with van der Waals surface area (Å²) in [5.74, 6) is -1.59. The number of nitrogens with one attached hydrogen (secondary N) is 2. The van der Waals surface area contributed by atoms with Gasteiger partial charge in [0.1, 0.15) is 0 Å². The van der Waals surface area contributed by atoms with Crippen molar-refractivity contribution in [3.05, 3.63) is 86.1 Å². The zero-order valence-corrected chi connectivity index (χ0v) is 24.1. The van der Waals surface area contributed by atoms with Gasteiger partial charge in [-0.05, 0) is 57.5 Å². The van der Waals surface area contributed by atoms with Gasteiger partial charge in [-0.2, -0.15) is 0 Å². The summed E-state index contributed by atoms with van der Waals surface area (Å²) in [5.41, 5.74) is 4.18. The molecule has 12 heteroatoms. The predicted octanol–water partition coefficient (Wildman–Crippen LogP) is 5.83. The van der Waals surface area contributed by atoms with Gasteiger partial charge >= 0.3 is 17.6 Å². The van der Waals surface area contributed by atoms with Crippen LogP contribution in [0.4, 0.5) is 16.5 Å². The molecule has 1 aliphatic heterocycles. The average molecular weight is 579 g/mol. The van der Waals surface area contributed by atoms with E-state index in [9.17, 15) is 19.7 Å². The fourth-order valence-electron chi connectivity index (χ4n) is 4.66. The summed E-state index contributed by atoms with van der Waals surface area (Å²) in [4.78, 5) is 41.7. The van der Waals surface area contributed by atoms with Crippen molar-refractivity contribution in [2.75, 3.05) is 25.6 Å². The van der Waals surface area contributed by atoms with Gasteiger partial charge in [0.05, 0.1) is 48.0 Å². The molecular formula is C29H30N4O7S. The minimum atomic E-state index is -0.720. The zero-order chi connectivity index (χ0) is 29.7. The quantitative estimate of drug-likeness (QED) is 0.171. The number of aromatic nitrogens is 1. The zero-order valence-electron chi connectivity index (χ0n) is 23.3. The number of esters is 2. The Labute approximate surface area is 241 Å². The van der Waals surface area contributed by atoms with Crippen molar-refractivity contribution in [3.63, 3.8) is 0 Å². The molecule has 0 aliphatic carbocycles. The van der Waals surface area contributed by atoms with Crippen molar-refractivity contribution < 1.29 is 28.7 Å². The molecule has 0 spiro atoms. The maximum Gasteiger partial charge on any atom is 0.336 e. The predicted molar refractivity (Wildman–Crippen MR) is 155 cm³/mol. The first-order valence-electron chi connectivity index (χ1n) is 12.9. The van der Waals surface area contributed by atoms with E-state index in [0.717, 1.165) is 0 Å². The number of nitro groups is 1. The van der Waals surface area contributed by atoms with Gasteiger partial charge in [0.25, 0.3) is 0 Å². The highest BCUT2D eigenvalue weighted by molar-refractivity contribution is 7.14. The van der Waals surface area contributed by atoms with Crippen LogP contribution in [0, 0.1) is 10.1 Å². The van der Waals surface area contributed by atoms with Crippen molar-refractivity contribution in [1.82, 2.24) is 10.3 Å². The molecule has 1 aliphatic rings. The lowest BCUT2D eigenvalue weighted by molar-refractivity contribution is -0.385. The first-order chi connectivity index (χ1) is 19.7. The van der Waals surface area contributed by atoms with E-state index in [2.05, 4.69) is 15.6 Å². The molecule has 0 radical (unpaired) electrons. The Kier molecular flexibility index (Phi) is 9.03. The maximum absolute atomic E-state index is 13.1. The number of nitrogens with zero attached hydrogens (tertiary/aromatic N) is 2. The lowest BCUT2D eigenvalue weighted by atomic mass is 9.80. The smallest absolute Gasteiger partial charge is 0.336 e. The van der Waals surface area contributed by atoms with Crippen LogP contribution < -0.4 is 15.4 Å². The van der Waals surface area contributed by atoms with E-state index in [4.69, 9.17) is 14.2 Å². The van der Waals surface area contributed by atoms with E-state index >= 15 is 0 Å². The fraction of sp³-hybridized carbons (Fsp3) is 0.276. The highest BCUT2D eigenvalue weighted by atomic mass is 32.1. The Balaban J connectivity index is 1.69. The van der Waals surface area contributed by atoms with Gasteiger partial charge < -0.3 is 24.8 Å². The highest BCUT2D eigenvalue weighted by Gasteiger charge is 2.38. The van der Waals surface area contributed by atoms with E-state index < -0.39 is 22.8 Å². The van der Waals surface area contributed by atoms with Crippen molar-refractivity contribution in [1.29, 1.82) is 0 Å². The minimum Gasteiger partial charge on any atom is -0.490 e. The van der Waals surface area contributed by atoms with Gasteiger partial charge in [-0.25, -0.2) is 14.6 Å². The number of allylic oxidation sites excluding steroid dienone is 2. The second kappa shape index (κ2) is 12.6. The van der Waals surface area contributed by atoms with Gasteiger partial charge in [0.15, 0.2) is 10.9 Å². The number of hydrogen-bond donors (Lipinski definition) is 2. The number of benzene rings is 2. The number of rotatable bonds is 10. The third-order valence-corrected chi connectivity index (χ3v) is 7.16. The first-order valence-corrected chi connectivity index (χ1v) is 13.7. The Morgan fingerprint density at radius 2 is 1.71 bits per heavy atom. The van der Waals surface area contributed by atoms with Crippen LogP contribution in [0.1, 0.15) is 39.2 Å². The molecule has 214 valence electrons. The lowest BCUT2D eigenvalue weighted by Crippen LogP contribution is -2.32. The van der Waals surface area contributed by atoms with E-state index in [0.29, 0.717) is 50.2 Å². The Morgan fingerprint density at radius 3 is 2.29 bits per heavy atom. The van der Waals surface area contributed by atoms with E-state index in [1.54, 1.807) is 39.1 Å². The van der Waals surface area contributed by atoms with Crippen LogP contribution in [0.3, 0.4) is 0 Å². The van der Waals surface area contributed by atoms with Gasteiger partial charge in [-0.1, -0.05) is 12.1 Å². The molecule has 41 heavy (non-hydrogen) atoms. The van der Waals surface area contributed by atoms with Gasteiger partial charge in [-0.3, -0.25) is 10.1 Å². The molecule has 0 unspecified atom stereocenters. The SMILES string of the molecule is CCOC(=O)C1=C(C)NC(C)=C(C(=O)OCC)C1c1cccc(Nc2nc(-c3ccc(OC)c([N+](=O)[O-])c3)cs2)c1. The van der Waals surface area contributed by atoms with Crippen LogP contribution in [-0.4, -0.2) is 42.2 Å². The van der Waals surface area contributed by atoms with E-state index in [1.165, 1.54) is 30.6 Å². The highest BCUT2D eigenvalue weighted by Crippen LogP contribution is 2.40. The van der Waals surface area contributed by atoms with Crippen LogP contribution in [0.25, 0.3) is 11.3 Å². The molecule has 0 saturated carbocycles. The third kappa shape index (κ3) is 6.22. The molecule has 0 atom stereocenters. The molecule has 2 N–H and O–H groups in total. The fourth-order valence-corrected chi connectivity index (χ4v) is 5.40. The number of thiazole rings is 1. The third-order valence-electron chi connectivity index (χ3n) is 6.40. The van der Waals surface area contributed by atoms with E-state index in [-0.39, 0.29) is 24.7 Å². The summed E-state index contributed by atoms with van der Waals surface area (Å²) < 4.78 is 15.8. The maximum atomic E-state index is 13.1. The number of anilines is 2. The van der Waals surface area contributed by atoms with Gasteiger partial charge in [0, 0.05) is 34.1 Å². The van der Waals surface area contributed by atoms with Crippen LogP contribution in [0.15, 0.2) is 70.4 Å². The van der Waals surface area contributed by atoms with Crippen molar-refractivity contribution in [2.45, 2.75) is 33.6 Å². The van der Waals surface area contributed by atoms with Crippen molar-refractivity contribution >= 4 is 39.8 Å². The summed E-state index contributed by atoms with van der Waals surface area (Å²) in [6.07, 6.45) is 0. The largest absolute Gasteiger partial charge is 0.490 e. The van der Waals surface area contributed by atoms with Crippen molar-refractivity contribution in [3.8, 4) is 17.0 Å². The summed E-state index contributed by atoms with van der Waals surface area (Å²) in [6.45, 7) is 7.36. The molecular weight excluding hydrogens is 548 g/mol. The first kappa shape index (κ1) is 29.3. The summed E-state index contributed by atoms with van der Waals surface area (Å²) in [6, 6.07) is 12.0. The molecule has 0 saturated heterocycles. The molecule has 0 amide bonds. The Hall–Kier alpha value is -4.71. The number of hydrogen-bond acceptors (Lipinski definition) is 11. The van der Waals surface area contributed by atoms with Gasteiger partial charge in [-0.15, -0.1) is 11.3 Å². The second-order valence-electron chi connectivity index (χ2n) is 9.01. The molecule has 0 fully saturated rings. The van der Waals surface area contributed by atoms with Gasteiger partial charge in [0.2, 0.25) is 0 Å². The second-order valence-corrected chi connectivity index (χ2v) is 9.87. The number of carbonyl (C=O) groups excluding carboxylic acids is 2. The number of nitro benzene ring substituents is 1. The molecule has 1 aromatic heterocycles. The topological polar surface area (TPSA) is 142 Å². The molecule has 0 bridgehead atoms. The number of dihydropyridines is 1. The van der Waals surface area contributed by atoms with Crippen LogP contribution in [0.5, 0.6) is 5.75 Å².